The smallest absolute Gasteiger partial charge is 0.243 e. The van der Waals surface area contributed by atoms with Crippen molar-refractivity contribution in [2.75, 3.05) is 26.3 Å². The number of likely N-dealkylation sites (N-methyl/N-ethyl adjacent to an activating group) is 1. The highest BCUT2D eigenvalue weighted by Gasteiger charge is 2.25. The zero-order valence-corrected chi connectivity index (χ0v) is 14.3. The van der Waals surface area contributed by atoms with Gasteiger partial charge in [-0.05, 0) is 25.5 Å². The molecule has 0 aliphatic carbocycles. The van der Waals surface area contributed by atoms with Crippen LogP contribution in [0.5, 0.6) is 0 Å². The van der Waals surface area contributed by atoms with Crippen molar-refractivity contribution in [2.24, 2.45) is 5.73 Å². The number of hydrogen-bond acceptors (Lipinski definition) is 4. The van der Waals surface area contributed by atoms with E-state index in [9.17, 15) is 8.42 Å². The Bertz CT molecular complexity index is 600. The van der Waals surface area contributed by atoms with Crippen LogP contribution in [0.1, 0.15) is 25.0 Å². The number of aryl methyl sites for hydroxylation is 1. The molecular formula is C14H22N2O3S2. The van der Waals surface area contributed by atoms with Crippen molar-refractivity contribution in [3.05, 3.63) is 29.3 Å². The highest BCUT2D eigenvalue weighted by Crippen LogP contribution is 2.21. The van der Waals surface area contributed by atoms with Crippen molar-refractivity contribution in [1.82, 2.24) is 4.31 Å². The third-order valence-corrected chi connectivity index (χ3v) is 5.48. The minimum atomic E-state index is -3.58. The first-order chi connectivity index (χ1) is 9.84. The molecule has 0 fully saturated rings. The quantitative estimate of drug-likeness (QED) is 0.580. The van der Waals surface area contributed by atoms with Gasteiger partial charge in [0.15, 0.2) is 0 Å². The van der Waals surface area contributed by atoms with Gasteiger partial charge in [0, 0.05) is 25.3 Å². The standard InChI is InChI=1S/C14H22N2O3S2/c1-4-16(8-9-19-5-2)21(17,18)13-10-12(14(15)20)7-6-11(13)3/h6-7,10H,4-5,8-9H2,1-3H3,(H2,15,20). The Labute approximate surface area is 132 Å². The zero-order chi connectivity index (χ0) is 16.0. The molecule has 2 N–H and O–H groups in total. The van der Waals surface area contributed by atoms with Gasteiger partial charge in [0.2, 0.25) is 10.0 Å². The van der Waals surface area contributed by atoms with Crippen molar-refractivity contribution in [2.45, 2.75) is 25.7 Å². The molecule has 1 aromatic rings. The van der Waals surface area contributed by atoms with Gasteiger partial charge in [-0.1, -0.05) is 31.3 Å². The highest BCUT2D eigenvalue weighted by molar-refractivity contribution is 7.89. The van der Waals surface area contributed by atoms with E-state index in [1.54, 1.807) is 26.0 Å². The normalized spacial score (nSPS) is 11.8. The minimum Gasteiger partial charge on any atom is -0.389 e. The summed E-state index contributed by atoms with van der Waals surface area (Å²) in [5.74, 6) is 0. The molecule has 0 atom stereocenters. The monoisotopic (exact) mass is 330 g/mol. The van der Waals surface area contributed by atoms with E-state index >= 15 is 0 Å². The fourth-order valence-electron chi connectivity index (χ4n) is 1.93. The van der Waals surface area contributed by atoms with Gasteiger partial charge in [-0.25, -0.2) is 8.42 Å². The summed E-state index contributed by atoms with van der Waals surface area (Å²) in [4.78, 5) is 0.426. The van der Waals surface area contributed by atoms with E-state index in [2.05, 4.69) is 0 Å². The molecule has 0 bridgehead atoms. The maximum Gasteiger partial charge on any atom is 0.243 e. The van der Waals surface area contributed by atoms with Crippen LogP contribution in [0.2, 0.25) is 0 Å². The first kappa shape index (κ1) is 18.0. The molecule has 21 heavy (non-hydrogen) atoms. The molecule has 0 heterocycles. The summed E-state index contributed by atoms with van der Waals surface area (Å²) in [6, 6.07) is 4.99. The predicted molar refractivity (Wildman–Crippen MR) is 88.0 cm³/mol. The Morgan fingerprint density at radius 3 is 2.57 bits per heavy atom. The molecule has 118 valence electrons. The lowest BCUT2D eigenvalue weighted by Crippen LogP contribution is -2.34. The molecule has 0 unspecified atom stereocenters. The van der Waals surface area contributed by atoms with E-state index in [0.717, 1.165) is 0 Å². The molecule has 7 heteroatoms. The van der Waals surface area contributed by atoms with Gasteiger partial charge in [-0.15, -0.1) is 0 Å². The second kappa shape index (κ2) is 7.84. The number of nitrogens with two attached hydrogens (primary N) is 1. The van der Waals surface area contributed by atoms with Crippen LogP contribution in [0.25, 0.3) is 0 Å². The minimum absolute atomic E-state index is 0.184. The van der Waals surface area contributed by atoms with Gasteiger partial charge in [0.25, 0.3) is 0 Å². The molecular weight excluding hydrogens is 308 g/mol. The van der Waals surface area contributed by atoms with Crippen LogP contribution in [0, 0.1) is 6.92 Å². The van der Waals surface area contributed by atoms with Gasteiger partial charge in [-0.3, -0.25) is 0 Å². The van der Waals surface area contributed by atoms with E-state index in [-0.39, 0.29) is 9.88 Å². The molecule has 0 aromatic heterocycles. The lowest BCUT2D eigenvalue weighted by molar-refractivity contribution is 0.135. The third-order valence-electron chi connectivity index (χ3n) is 3.13. The van der Waals surface area contributed by atoms with Gasteiger partial charge in [0.05, 0.1) is 11.5 Å². The number of nitrogens with zero attached hydrogens (tertiary/aromatic N) is 1. The summed E-state index contributed by atoms with van der Waals surface area (Å²) in [6.07, 6.45) is 0. The average Bonchev–Trinajstić information content (AvgIpc) is 2.43. The number of hydrogen-bond donors (Lipinski definition) is 1. The molecule has 0 amide bonds. The van der Waals surface area contributed by atoms with Gasteiger partial charge in [-0.2, -0.15) is 4.31 Å². The van der Waals surface area contributed by atoms with Crippen LogP contribution < -0.4 is 5.73 Å². The molecule has 0 saturated carbocycles. The summed E-state index contributed by atoms with van der Waals surface area (Å²) >= 11 is 4.92. The Balaban J connectivity index is 3.15. The molecule has 0 spiro atoms. The van der Waals surface area contributed by atoms with Crippen LogP contribution in [0.15, 0.2) is 23.1 Å². The van der Waals surface area contributed by atoms with E-state index in [0.29, 0.717) is 37.4 Å². The van der Waals surface area contributed by atoms with Crippen molar-refractivity contribution in [3.63, 3.8) is 0 Å². The number of rotatable bonds is 8. The van der Waals surface area contributed by atoms with E-state index < -0.39 is 10.0 Å². The summed E-state index contributed by atoms with van der Waals surface area (Å²) in [5, 5.41) is 0. The van der Waals surface area contributed by atoms with Crippen molar-refractivity contribution in [3.8, 4) is 0 Å². The van der Waals surface area contributed by atoms with Crippen molar-refractivity contribution >= 4 is 27.2 Å². The van der Waals surface area contributed by atoms with Gasteiger partial charge in [0.1, 0.15) is 4.99 Å². The fourth-order valence-corrected chi connectivity index (χ4v) is 3.74. The van der Waals surface area contributed by atoms with E-state index in [1.165, 1.54) is 10.4 Å². The molecule has 0 aliphatic rings. The zero-order valence-electron chi connectivity index (χ0n) is 12.6. The molecule has 5 nitrogen and oxygen atoms in total. The first-order valence-corrected chi connectivity index (χ1v) is 8.67. The summed E-state index contributed by atoms with van der Waals surface area (Å²) < 4.78 is 32.1. The molecule has 0 aliphatic heterocycles. The first-order valence-electron chi connectivity index (χ1n) is 6.82. The fraction of sp³-hybridized carbons (Fsp3) is 0.500. The lowest BCUT2D eigenvalue weighted by atomic mass is 10.1. The van der Waals surface area contributed by atoms with Crippen LogP contribution in [0.4, 0.5) is 0 Å². The molecule has 1 rings (SSSR count). The topological polar surface area (TPSA) is 72.6 Å². The van der Waals surface area contributed by atoms with Crippen LogP contribution in [-0.2, 0) is 14.8 Å². The second-order valence-corrected chi connectivity index (χ2v) is 6.88. The SMILES string of the molecule is CCOCCN(CC)S(=O)(=O)c1cc(C(N)=S)ccc1C. The van der Waals surface area contributed by atoms with Crippen LogP contribution in [0.3, 0.4) is 0 Å². The van der Waals surface area contributed by atoms with Crippen molar-refractivity contribution < 1.29 is 13.2 Å². The van der Waals surface area contributed by atoms with Crippen LogP contribution >= 0.6 is 12.2 Å². The number of sulfonamides is 1. The van der Waals surface area contributed by atoms with E-state index in [4.69, 9.17) is 22.7 Å². The van der Waals surface area contributed by atoms with Crippen molar-refractivity contribution in [1.29, 1.82) is 0 Å². The third kappa shape index (κ3) is 4.47. The second-order valence-electron chi connectivity index (χ2n) is 4.54. The number of benzene rings is 1. The van der Waals surface area contributed by atoms with Crippen LogP contribution in [-0.4, -0.2) is 44.0 Å². The largest absolute Gasteiger partial charge is 0.389 e. The van der Waals surface area contributed by atoms with Gasteiger partial charge >= 0.3 is 0 Å². The molecule has 0 radical (unpaired) electrons. The Morgan fingerprint density at radius 1 is 1.38 bits per heavy atom. The number of thiocarbonyl (C=S) groups is 1. The highest BCUT2D eigenvalue weighted by atomic mass is 32.2. The Morgan fingerprint density at radius 2 is 2.05 bits per heavy atom. The van der Waals surface area contributed by atoms with E-state index in [1.807, 2.05) is 6.92 Å². The predicted octanol–water partition coefficient (Wildman–Crippen LogP) is 1.68. The average molecular weight is 330 g/mol. The number of ether oxygens (including phenoxy) is 1. The maximum atomic E-state index is 12.7. The Hall–Kier alpha value is -1.02. The lowest BCUT2D eigenvalue weighted by Gasteiger charge is -2.21. The summed E-state index contributed by atoms with van der Waals surface area (Å²) in [7, 11) is -3.58. The Kier molecular flexibility index (Phi) is 6.73. The van der Waals surface area contributed by atoms with Gasteiger partial charge < -0.3 is 10.5 Å². The molecule has 0 saturated heterocycles. The summed E-state index contributed by atoms with van der Waals surface area (Å²) in [6.45, 7) is 7.07. The maximum absolute atomic E-state index is 12.7. The molecule has 1 aromatic carbocycles. The summed E-state index contributed by atoms with van der Waals surface area (Å²) in [5.41, 5.74) is 6.81.